The van der Waals surface area contributed by atoms with Gasteiger partial charge in [-0.15, -0.1) is 0 Å². The summed E-state index contributed by atoms with van der Waals surface area (Å²) in [4.78, 5) is 12.4. The molecule has 0 spiro atoms. The minimum atomic E-state index is -0.598. The van der Waals surface area contributed by atoms with Crippen LogP contribution in [0.4, 0.5) is 0 Å². The third-order valence-electron chi connectivity index (χ3n) is 3.64. The largest absolute Gasteiger partial charge is 0.421 e. The van der Waals surface area contributed by atoms with Crippen molar-refractivity contribution in [1.29, 1.82) is 0 Å². The van der Waals surface area contributed by atoms with Crippen molar-refractivity contribution in [2.24, 2.45) is 5.41 Å². The smallest absolute Gasteiger partial charge is 0.316 e. The van der Waals surface area contributed by atoms with Gasteiger partial charge in [-0.3, -0.25) is 9.89 Å². The van der Waals surface area contributed by atoms with Crippen molar-refractivity contribution in [2.45, 2.75) is 20.8 Å². The Hall–Kier alpha value is -2.88. The molecule has 0 aliphatic heterocycles. The molecule has 0 unspecified atom stereocenters. The fourth-order valence-corrected chi connectivity index (χ4v) is 2.27. The maximum absolute atomic E-state index is 12.4. The summed E-state index contributed by atoms with van der Waals surface area (Å²) < 4.78 is 5.76. The molecule has 4 heteroatoms. The van der Waals surface area contributed by atoms with Gasteiger partial charge < -0.3 is 4.74 Å². The Bertz CT molecular complexity index is 774. The molecule has 3 rings (SSSR count). The highest BCUT2D eigenvalue weighted by Crippen LogP contribution is 2.38. The zero-order valence-electron chi connectivity index (χ0n) is 14.0. The average Bonchev–Trinajstić information content (AvgIpc) is 2.99. The lowest BCUT2D eigenvalue weighted by Crippen LogP contribution is -2.25. The van der Waals surface area contributed by atoms with Gasteiger partial charge in [-0.25, -0.2) is 0 Å². The number of nitrogens with one attached hydrogen (secondary N) is 1. The van der Waals surface area contributed by atoms with E-state index in [4.69, 9.17) is 4.74 Å². The van der Waals surface area contributed by atoms with E-state index in [2.05, 4.69) is 10.2 Å². The Labute approximate surface area is 141 Å². The maximum atomic E-state index is 12.4. The second-order valence-corrected chi connectivity index (χ2v) is 6.65. The number of esters is 1. The number of rotatable bonds is 3. The molecule has 1 aromatic heterocycles. The van der Waals surface area contributed by atoms with Crippen molar-refractivity contribution in [3.63, 3.8) is 0 Å². The minimum Gasteiger partial charge on any atom is -0.421 e. The highest BCUT2D eigenvalue weighted by atomic mass is 16.5. The van der Waals surface area contributed by atoms with E-state index in [1.165, 1.54) is 0 Å². The number of ether oxygens (including phenoxy) is 1. The van der Waals surface area contributed by atoms with Crippen molar-refractivity contribution < 1.29 is 9.53 Å². The fraction of sp³-hybridized carbons (Fsp3) is 0.200. The van der Waals surface area contributed by atoms with Crippen LogP contribution in [-0.4, -0.2) is 16.2 Å². The Balaban J connectivity index is 2.11. The van der Waals surface area contributed by atoms with E-state index in [-0.39, 0.29) is 5.97 Å². The van der Waals surface area contributed by atoms with Crippen molar-refractivity contribution in [3.05, 3.63) is 60.7 Å². The van der Waals surface area contributed by atoms with Gasteiger partial charge in [0.25, 0.3) is 0 Å². The number of nitrogens with zero attached hydrogens (tertiary/aromatic N) is 1. The standard InChI is InChI=1S/C20H20N2O2/c1-20(2,3)19(23)24-18-16(14-10-6-4-7-11-14)21-22-17(18)15-12-8-5-9-13-15/h4-13H,1-3H3,(H,21,22). The zero-order valence-corrected chi connectivity index (χ0v) is 14.0. The maximum Gasteiger partial charge on any atom is 0.316 e. The van der Waals surface area contributed by atoms with Gasteiger partial charge in [0.05, 0.1) is 5.41 Å². The topological polar surface area (TPSA) is 55.0 Å². The summed E-state index contributed by atoms with van der Waals surface area (Å²) in [6, 6.07) is 19.4. The van der Waals surface area contributed by atoms with Gasteiger partial charge in [-0.05, 0) is 20.8 Å². The molecular formula is C20H20N2O2. The summed E-state index contributed by atoms with van der Waals surface area (Å²) in [6.07, 6.45) is 0. The lowest BCUT2D eigenvalue weighted by atomic mass is 9.97. The molecule has 0 amide bonds. The quantitative estimate of drug-likeness (QED) is 0.712. The van der Waals surface area contributed by atoms with E-state index >= 15 is 0 Å². The molecule has 4 nitrogen and oxygen atoms in total. The summed E-state index contributed by atoms with van der Waals surface area (Å²) in [7, 11) is 0. The Morgan fingerprint density at radius 3 is 2.00 bits per heavy atom. The van der Waals surface area contributed by atoms with Crippen LogP contribution in [0.3, 0.4) is 0 Å². The van der Waals surface area contributed by atoms with Crippen LogP contribution >= 0.6 is 0 Å². The van der Waals surface area contributed by atoms with Crippen molar-refractivity contribution in [2.75, 3.05) is 0 Å². The molecule has 0 atom stereocenters. The van der Waals surface area contributed by atoms with Gasteiger partial charge in [0, 0.05) is 11.1 Å². The molecule has 0 saturated carbocycles. The number of carbonyl (C=O) groups is 1. The highest BCUT2D eigenvalue weighted by molar-refractivity contribution is 5.85. The first-order chi connectivity index (χ1) is 11.5. The van der Waals surface area contributed by atoms with Gasteiger partial charge >= 0.3 is 5.97 Å². The lowest BCUT2D eigenvalue weighted by Gasteiger charge is -2.17. The fourth-order valence-electron chi connectivity index (χ4n) is 2.27. The lowest BCUT2D eigenvalue weighted by molar-refractivity contribution is -0.142. The van der Waals surface area contributed by atoms with Gasteiger partial charge in [0.15, 0.2) is 5.75 Å². The monoisotopic (exact) mass is 320 g/mol. The first-order valence-corrected chi connectivity index (χ1v) is 7.88. The number of aromatic amines is 1. The van der Waals surface area contributed by atoms with Crippen LogP contribution in [0, 0.1) is 5.41 Å². The Morgan fingerprint density at radius 2 is 1.46 bits per heavy atom. The molecule has 122 valence electrons. The summed E-state index contributed by atoms with van der Waals surface area (Å²) in [5.74, 6) is 0.172. The molecule has 1 heterocycles. The number of hydrogen-bond donors (Lipinski definition) is 1. The predicted molar refractivity (Wildman–Crippen MR) is 94.5 cm³/mol. The van der Waals surface area contributed by atoms with E-state index in [9.17, 15) is 4.79 Å². The van der Waals surface area contributed by atoms with E-state index < -0.39 is 5.41 Å². The molecule has 0 fully saturated rings. The van der Waals surface area contributed by atoms with Gasteiger partial charge in [0.1, 0.15) is 11.4 Å². The summed E-state index contributed by atoms with van der Waals surface area (Å²) >= 11 is 0. The molecule has 3 aromatic rings. The molecule has 1 N–H and O–H groups in total. The van der Waals surface area contributed by atoms with Crippen LogP contribution in [0.15, 0.2) is 60.7 Å². The van der Waals surface area contributed by atoms with Crippen LogP contribution in [0.2, 0.25) is 0 Å². The predicted octanol–water partition coefficient (Wildman–Crippen LogP) is 4.70. The van der Waals surface area contributed by atoms with E-state index in [0.29, 0.717) is 17.1 Å². The second-order valence-electron chi connectivity index (χ2n) is 6.65. The van der Waals surface area contributed by atoms with Gasteiger partial charge in [-0.1, -0.05) is 60.7 Å². The van der Waals surface area contributed by atoms with Crippen LogP contribution in [0.25, 0.3) is 22.5 Å². The third-order valence-corrected chi connectivity index (χ3v) is 3.64. The van der Waals surface area contributed by atoms with E-state index in [1.807, 2.05) is 81.4 Å². The Kier molecular flexibility index (Phi) is 4.21. The molecule has 0 bridgehead atoms. The molecule has 24 heavy (non-hydrogen) atoms. The third kappa shape index (κ3) is 3.23. The van der Waals surface area contributed by atoms with E-state index in [1.54, 1.807) is 0 Å². The zero-order chi connectivity index (χ0) is 17.2. The van der Waals surface area contributed by atoms with E-state index in [0.717, 1.165) is 11.1 Å². The number of aromatic nitrogens is 2. The normalized spacial score (nSPS) is 11.3. The SMILES string of the molecule is CC(C)(C)C(=O)Oc1c(-c2ccccc2)n[nH]c1-c1ccccc1. The van der Waals surface area contributed by atoms with Crippen LogP contribution < -0.4 is 4.74 Å². The summed E-state index contributed by atoms with van der Waals surface area (Å²) in [5, 5.41) is 7.41. The molecule has 0 aliphatic rings. The molecular weight excluding hydrogens is 300 g/mol. The summed E-state index contributed by atoms with van der Waals surface area (Å²) in [5.41, 5.74) is 2.55. The van der Waals surface area contributed by atoms with Gasteiger partial charge in [0.2, 0.25) is 0 Å². The van der Waals surface area contributed by atoms with Gasteiger partial charge in [-0.2, -0.15) is 5.10 Å². The highest BCUT2D eigenvalue weighted by Gasteiger charge is 2.28. The van der Waals surface area contributed by atoms with Crippen molar-refractivity contribution in [3.8, 4) is 28.3 Å². The van der Waals surface area contributed by atoms with Crippen molar-refractivity contribution in [1.82, 2.24) is 10.2 Å². The van der Waals surface area contributed by atoms with Crippen LogP contribution in [-0.2, 0) is 4.79 Å². The molecule has 0 radical (unpaired) electrons. The number of carbonyl (C=O) groups excluding carboxylic acids is 1. The van der Waals surface area contributed by atoms with Crippen LogP contribution in [0.1, 0.15) is 20.8 Å². The van der Waals surface area contributed by atoms with Crippen molar-refractivity contribution >= 4 is 5.97 Å². The minimum absolute atomic E-state index is 0.293. The molecule has 0 saturated heterocycles. The average molecular weight is 320 g/mol. The molecule has 0 aliphatic carbocycles. The second kappa shape index (κ2) is 6.32. The summed E-state index contributed by atoms with van der Waals surface area (Å²) in [6.45, 7) is 5.50. The number of benzene rings is 2. The number of hydrogen-bond acceptors (Lipinski definition) is 3. The first-order valence-electron chi connectivity index (χ1n) is 7.88. The number of H-pyrrole nitrogens is 1. The first kappa shape index (κ1) is 16.0. The molecule has 2 aromatic carbocycles. The van der Waals surface area contributed by atoms with Crippen LogP contribution in [0.5, 0.6) is 5.75 Å². The Morgan fingerprint density at radius 1 is 0.917 bits per heavy atom.